The third-order valence-electron chi connectivity index (χ3n) is 4.24. The fourth-order valence-corrected chi connectivity index (χ4v) is 3.16. The summed E-state index contributed by atoms with van der Waals surface area (Å²) in [5, 5.41) is 6.26. The van der Waals surface area contributed by atoms with Crippen LogP contribution in [0.15, 0.2) is 29.3 Å². The predicted molar refractivity (Wildman–Crippen MR) is 110 cm³/mol. The SMILES string of the molecule is CCS(=O)(=O)NCCNC(=NC)NCC1(c2ccccc2F)CC1.I. The molecule has 6 nitrogen and oxygen atoms in total. The molecule has 1 aromatic rings. The third-order valence-corrected chi connectivity index (χ3v) is 5.64. The molecule has 0 heterocycles. The van der Waals surface area contributed by atoms with E-state index in [1.807, 2.05) is 12.1 Å². The summed E-state index contributed by atoms with van der Waals surface area (Å²) >= 11 is 0. The van der Waals surface area contributed by atoms with E-state index in [9.17, 15) is 12.8 Å². The summed E-state index contributed by atoms with van der Waals surface area (Å²) in [6.07, 6.45) is 1.88. The molecule has 0 bridgehead atoms. The highest BCUT2D eigenvalue weighted by Crippen LogP contribution is 2.48. The smallest absolute Gasteiger partial charge is 0.211 e. The van der Waals surface area contributed by atoms with Crippen LogP contribution in [0.5, 0.6) is 0 Å². The molecule has 1 fully saturated rings. The highest BCUT2D eigenvalue weighted by Gasteiger charge is 2.45. The lowest BCUT2D eigenvalue weighted by molar-refractivity contribution is 0.559. The average molecular weight is 484 g/mol. The highest BCUT2D eigenvalue weighted by molar-refractivity contribution is 14.0. The van der Waals surface area contributed by atoms with Gasteiger partial charge in [0.2, 0.25) is 10.0 Å². The first-order valence-electron chi connectivity index (χ1n) is 8.09. The molecule has 0 unspecified atom stereocenters. The fourth-order valence-electron chi connectivity index (χ4n) is 2.55. The first-order chi connectivity index (χ1) is 11.4. The largest absolute Gasteiger partial charge is 0.356 e. The van der Waals surface area contributed by atoms with E-state index < -0.39 is 10.0 Å². The maximum absolute atomic E-state index is 14.0. The molecule has 0 saturated heterocycles. The van der Waals surface area contributed by atoms with E-state index in [1.165, 1.54) is 6.07 Å². The summed E-state index contributed by atoms with van der Waals surface area (Å²) in [4.78, 5) is 4.11. The van der Waals surface area contributed by atoms with Crippen LogP contribution in [0, 0.1) is 5.82 Å². The Bertz CT molecular complexity index is 693. The van der Waals surface area contributed by atoms with Crippen molar-refractivity contribution >= 4 is 40.0 Å². The summed E-state index contributed by atoms with van der Waals surface area (Å²) in [6.45, 7) is 2.89. The van der Waals surface area contributed by atoms with E-state index in [-0.39, 0.29) is 47.5 Å². The van der Waals surface area contributed by atoms with Crippen LogP contribution < -0.4 is 15.4 Å². The molecule has 0 spiro atoms. The first kappa shape index (κ1) is 22.1. The van der Waals surface area contributed by atoms with Crippen molar-refractivity contribution in [3.05, 3.63) is 35.6 Å². The molecule has 25 heavy (non-hydrogen) atoms. The van der Waals surface area contributed by atoms with Crippen LogP contribution in [0.4, 0.5) is 4.39 Å². The molecule has 0 amide bonds. The summed E-state index contributed by atoms with van der Waals surface area (Å²) in [5.74, 6) is 0.465. The molecule has 1 aliphatic rings. The maximum Gasteiger partial charge on any atom is 0.211 e. The molecule has 142 valence electrons. The maximum atomic E-state index is 14.0. The van der Waals surface area contributed by atoms with Gasteiger partial charge in [-0.2, -0.15) is 0 Å². The summed E-state index contributed by atoms with van der Waals surface area (Å²) in [7, 11) is -1.54. The second-order valence-corrected chi connectivity index (χ2v) is 8.01. The second kappa shape index (κ2) is 9.67. The number of hydrogen-bond donors (Lipinski definition) is 3. The van der Waals surface area contributed by atoms with E-state index in [0.717, 1.165) is 18.4 Å². The van der Waals surface area contributed by atoms with E-state index in [1.54, 1.807) is 20.0 Å². The van der Waals surface area contributed by atoms with Crippen LogP contribution in [0.3, 0.4) is 0 Å². The van der Waals surface area contributed by atoms with Gasteiger partial charge in [-0.25, -0.2) is 17.5 Å². The molecule has 3 N–H and O–H groups in total. The minimum absolute atomic E-state index is 0. The van der Waals surface area contributed by atoms with Crippen molar-refractivity contribution in [2.75, 3.05) is 32.4 Å². The number of halogens is 2. The number of sulfonamides is 1. The van der Waals surface area contributed by atoms with Crippen LogP contribution in [0.1, 0.15) is 25.3 Å². The van der Waals surface area contributed by atoms with Gasteiger partial charge in [-0.3, -0.25) is 4.99 Å². The molecule has 9 heteroatoms. The Kier molecular flexibility index (Phi) is 8.55. The normalized spacial score (nSPS) is 16.0. The predicted octanol–water partition coefficient (Wildman–Crippen LogP) is 1.58. The summed E-state index contributed by atoms with van der Waals surface area (Å²) in [5.41, 5.74) is 0.566. The molecule has 0 aromatic heterocycles. The van der Waals surface area contributed by atoms with Gasteiger partial charge in [0.05, 0.1) is 5.75 Å². The standard InChI is InChI=1S/C16H25FN4O2S.HI/c1-3-24(22,23)21-11-10-19-15(18-2)20-12-16(8-9-16)13-6-4-5-7-14(13)17;/h4-7,21H,3,8-12H2,1-2H3,(H2,18,19,20);1H. The van der Waals surface area contributed by atoms with Gasteiger partial charge >= 0.3 is 0 Å². The zero-order valence-electron chi connectivity index (χ0n) is 14.5. The minimum Gasteiger partial charge on any atom is -0.356 e. The highest BCUT2D eigenvalue weighted by atomic mass is 127. The van der Waals surface area contributed by atoms with Gasteiger partial charge < -0.3 is 10.6 Å². The molecule has 2 rings (SSSR count). The van der Waals surface area contributed by atoms with Crippen molar-refractivity contribution in [3.63, 3.8) is 0 Å². The van der Waals surface area contributed by atoms with Crippen molar-refractivity contribution in [1.82, 2.24) is 15.4 Å². The zero-order valence-corrected chi connectivity index (χ0v) is 17.7. The van der Waals surface area contributed by atoms with E-state index in [4.69, 9.17) is 0 Å². The molecule has 1 saturated carbocycles. The van der Waals surface area contributed by atoms with Crippen molar-refractivity contribution in [2.45, 2.75) is 25.2 Å². The van der Waals surface area contributed by atoms with E-state index >= 15 is 0 Å². The number of guanidine groups is 1. The van der Waals surface area contributed by atoms with E-state index in [2.05, 4.69) is 20.3 Å². The quantitative estimate of drug-likeness (QED) is 0.227. The van der Waals surface area contributed by atoms with Crippen molar-refractivity contribution < 1.29 is 12.8 Å². The Morgan fingerprint density at radius 2 is 1.92 bits per heavy atom. The molecule has 0 radical (unpaired) electrons. The van der Waals surface area contributed by atoms with Crippen molar-refractivity contribution in [3.8, 4) is 0 Å². The van der Waals surface area contributed by atoms with Crippen LogP contribution in [0.25, 0.3) is 0 Å². The number of benzene rings is 1. The Morgan fingerprint density at radius 3 is 2.48 bits per heavy atom. The monoisotopic (exact) mass is 484 g/mol. The molecular formula is C16H26FIN4O2S. The average Bonchev–Trinajstić information content (AvgIpc) is 3.35. The number of aliphatic imine (C=N–C) groups is 1. The Hall–Kier alpha value is -0.940. The molecule has 0 aliphatic heterocycles. The lowest BCUT2D eigenvalue weighted by atomic mass is 9.95. The summed E-state index contributed by atoms with van der Waals surface area (Å²) in [6, 6.07) is 6.87. The van der Waals surface area contributed by atoms with Crippen molar-refractivity contribution in [2.24, 2.45) is 4.99 Å². The fraction of sp³-hybridized carbons (Fsp3) is 0.562. The Morgan fingerprint density at radius 1 is 1.24 bits per heavy atom. The second-order valence-electron chi connectivity index (χ2n) is 5.91. The van der Waals surface area contributed by atoms with Crippen LogP contribution >= 0.6 is 24.0 Å². The van der Waals surface area contributed by atoms with Gasteiger partial charge in [-0.05, 0) is 31.4 Å². The molecule has 1 aliphatic carbocycles. The van der Waals surface area contributed by atoms with Crippen LogP contribution in [-0.4, -0.2) is 46.8 Å². The Balaban J connectivity index is 0.00000312. The van der Waals surface area contributed by atoms with Crippen LogP contribution in [0.2, 0.25) is 0 Å². The van der Waals surface area contributed by atoms with Gasteiger partial charge in [0.15, 0.2) is 5.96 Å². The molecular weight excluding hydrogens is 458 g/mol. The number of hydrogen-bond acceptors (Lipinski definition) is 3. The topological polar surface area (TPSA) is 82.6 Å². The molecule has 1 aromatic carbocycles. The number of nitrogens with zero attached hydrogens (tertiary/aromatic N) is 1. The van der Waals surface area contributed by atoms with Gasteiger partial charge in [0.1, 0.15) is 5.82 Å². The van der Waals surface area contributed by atoms with E-state index in [0.29, 0.717) is 19.0 Å². The van der Waals surface area contributed by atoms with Gasteiger partial charge in [0, 0.05) is 32.1 Å². The molecule has 0 atom stereocenters. The van der Waals surface area contributed by atoms with Crippen molar-refractivity contribution in [1.29, 1.82) is 0 Å². The lowest BCUT2D eigenvalue weighted by Gasteiger charge is -2.19. The summed E-state index contributed by atoms with van der Waals surface area (Å²) < 4.78 is 39.2. The first-order valence-corrected chi connectivity index (χ1v) is 9.74. The van der Waals surface area contributed by atoms with Gasteiger partial charge in [-0.15, -0.1) is 24.0 Å². The third kappa shape index (κ3) is 6.37. The number of rotatable bonds is 8. The van der Waals surface area contributed by atoms with Gasteiger partial charge in [0.25, 0.3) is 0 Å². The van der Waals surface area contributed by atoms with Crippen LogP contribution in [-0.2, 0) is 15.4 Å². The zero-order chi connectivity index (χ0) is 17.6. The number of nitrogens with one attached hydrogen (secondary N) is 3. The van der Waals surface area contributed by atoms with Gasteiger partial charge in [-0.1, -0.05) is 18.2 Å². The minimum atomic E-state index is -3.18. The lowest BCUT2D eigenvalue weighted by Crippen LogP contribution is -2.44. The Labute approximate surface area is 166 Å².